The Morgan fingerprint density at radius 2 is 2.06 bits per heavy atom. The van der Waals surface area contributed by atoms with Gasteiger partial charge in [0.25, 0.3) is 0 Å². The van der Waals surface area contributed by atoms with Gasteiger partial charge in [-0.15, -0.1) is 0 Å². The molecule has 0 atom stereocenters. The quantitative estimate of drug-likeness (QED) is 0.808. The Morgan fingerprint density at radius 3 is 2.62 bits per heavy atom. The Balaban J connectivity index is 2.72. The molecule has 0 bridgehead atoms. The maximum Gasteiger partial charge on any atom is 0.416 e. The van der Waals surface area contributed by atoms with E-state index in [1.165, 1.54) is 12.1 Å². The summed E-state index contributed by atoms with van der Waals surface area (Å²) in [4.78, 5) is 0. The first-order chi connectivity index (χ1) is 7.43. The third kappa shape index (κ3) is 3.58. The summed E-state index contributed by atoms with van der Waals surface area (Å²) < 4.78 is 42.1. The van der Waals surface area contributed by atoms with Crippen LogP contribution in [0.3, 0.4) is 0 Å². The van der Waals surface area contributed by atoms with E-state index in [1.54, 1.807) is 0 Å². The van der Waals surface area contributed by atoms with Gasteiger partial charge in [-0.2, -0.15) is 13.2 Å². The van der Waals surface area contributed by atoms with Gasteiger partial charge in [0, 0.05) is 6.54 Å². The first-order valence-electron chi connectivity index (χ1n) is 4.60. The number of ether oxygens (including phenoxy) is 1. The molecule has 0 radical (unpaired) electrons. The first kappa shape index (κ1) is 12.6. The molecule has 0 aliphatic rings. The van der Waals surface area contributed by atoms with Crippen LogP contribution >= 0.6 is 0 Å². The molecular formula is C11H12F3NO. The molecule has 1 aromatic rings. The lowest BCUT2D eigenvalue weighted by Crippen LogP contribution is -2.10. The van der Waals surface area contributed by atoms with E-state index in [2.05, 4.69) is 6.58 Å². The molecule has 0 aromatic heterocycles. The van der Waals surface area contributed by atoms with Crippen molar-refractivity contribution in [2.24, 2.45) is 5.73 Å². The Morgan fingerprint density at radius 1 is 1.38 bits per heavy atom. The van der Waals surface area contributed by atoms with Crippen LogP contribution in [0.4, 0.5) is 13.2 Å². The summed E-state index contributed by atoms with van der Waals surface area (Å²) in [5.74, 6) is 0.157. The molecular weight excluding hydrogens is 219 g/mol. The van der Waals surface area contributed by atoms with Gasteiger partial charge in [0.15, 0.2) is 0 Å². The molecule has 2 N–H and O–H groups in total. The zero-order chi connectivity index (χ0) is 12.2. The van der Waals surface area contributed by atoms with E-state index < -0.39 is 11.7 Å². The Labute approximate surface area is 91.5 Å². The van der Waals surface area contributed by atoms with Crippen molar-refractivity contribution in [3.05, 3.63) is 42.0 Å². The van der Waals surface area contributed by atoms with Crippen LogP contribution in [0.1, 0.15) is 5.56 Å². The number of alkyl halides is 3. The minimum atomic E-state index is -4.36. The summed E-state index contributed by atoms with van der Waals surface area (Å²) in [5, 5.41) is 0. The smallest absolute Gasteiger partial charge is 0.416 e. The van der Waals surface area contributed by atoms with Crippen molar-refractivity contribution in [1.82, 2.24) is 0 Å². The lowest BCUT2D eigenvalue weighted by Gasteiger charge is -2.10. The highest BCUT2D eigenvalue weighted by atomic mass is 19.4. The van der Waals surface area contributed by atoms with Crippen molar-refractivity contribution in [2.45, 2.75) is 6.18 Å². The highest BCUT2D eigenvalue weighted by Gasteiger charge is 2.30. The van der Waals surface area contributed by atoms with E-state index in [9.17, 15) is 13.2 Å². The summed E-state index contributed by atoms with van der Waals surface area (Å²) in [6.45, 7) is 3.96. The lowest BCUT2D eigenvalue weighted by molar-refractivity contribution is -0.137. The summed E-state index contributed by atoms with van der Waals surface area (Å²) >= 11 is 0. The van der Waals surface area contributed by atoms with Gasteiger partial charge in [0.05, 0.1) is 5.56 Å². The Kier molecular flexibility index (Phi) is 3.95. The van der Waals surface area contributed by atoms with Crippen molar-refractivity contribution < 1.29 is 17.9 Å². The summed E-state index contributed by atoms with van der Waals surface area (Å²) in [6.07, 6.45) is -4.36. The van der Waals surface area contributed by atoms with Gasteiger partial charge in [-0.1, -0.05) is 12.6 Å². The van der Waals surface area contributed by atoms with Gasteiger partial charge in [-0.25, -0.2) is 0 Å². The molecule has 1 rings (SSSR count). The average Bonchev–Trinajstić information content (AvgIpc) is 2.25. The van der Waals surface area contributed by atoms with Crippen LogP contribution in [0.2, 0.25) is 0 Å². The maximum atomic E-state index is 12.3. The van der Waals surface area contributed by atoms with E-state index >= 15 is 0 Å². The molecule has 0 spiro atoms. The van der Waals surface area contributed by atoms with E-state index in [1.807, 2.05) is 0 Å². The number of nitrogens with two attached hydrogens (primary N) is 1. The predicted molar refractivity (Wildman–Crippen MR) is 55.1 cm³/mol. The monoisotopic (exact) mass is 231 g/mol. The minimum absolute atomic E-state index is 0.123. The second kappa shape index (κ2) is 5.03. The van der Waals surface area contributed by atoms with Gasteiger partial charge in [-0.05, 0) is 23.8 Å². The summed E-state index contributed by atoms with van der Waals surface area (Å²) in [5.41, 5.74) is 5.17. The summed E-state index contributed by atoms with van der Waals surface area (Å²) in [7, 11) is 0. The van der Waals surface area contributed by atoms with Crippen molar-refractivity contribution in [1.29, 1.82) is 0 Å². The van der Waals surface area contributed by atoms with Crippen LogP contribution in [0, 0.1) is 0 Å². The zero-order valence-electron chi connectivity index (χ0n) is 8.55. The molecule has 0 unspecified atom stereocenters. The van der Waals surface area contributed by atoms with Crippen molar-refractivity contribution in [3.63, 3.8) is 0 Å². The predicted octanol–water partition coefficient (Wildman–Crippen LogP) is 2.60. The van der Waals surface area contributed by atoms with Crippen molar-refractivity contribution in [2.75, 3.05) is 13.2 Å². The van der Waals surface area contributed by atoms with Crippen LogP contribution in [0.5, 0.6) is 5.75 Å². The summed E-state index contributed by atoms with van der Waals surface area (Å²) in [6, 6.07) is 4.69. The Bertz CT molecular complexity index is 374. The average molecular weight is 231 g/mol. The highest BCUT2D eigenvalue weighted by Crippen LogP contribution is 2.31. The molecule has 0 fully saturated rings. The van der Waals surface area contributed by atoms with Gasteiger partial charge in [0.1, 0.15) is 12.4 Å². The number of hydrogen-bond acceptors (Lipinski definition) is 2. The molecule has 16 heavy (non-hydrogen) atoms. The Hall–Kier alpha value is -1.49. The largest absolute Gasteiger partial charge is 0.489 e. The molecule has 0 heterocycles. The van der Waals surface area contributed by atoms with Crippen LogP contribution < -0.4 is 10.5 Å². The molecule has 0 aliphatic heterocycles. The SMILES string of the molecule is C=C(CN)COc1cccc(C(F)(F)F)c1. The fraction of sp³-hybridized carbons (Fsp3) is 0.273. The van der Waals surface area contributed by atoms with Crippen molar-refractivity contribution >= 4 is 0 Å². The molecule has 0 aliphatic carbocycles. The van der Waals surface area contributed by atoms with E-state index in [-0.39, 0.29) is 18.9 Å². The molecule has 0 saturated carbocycles. The number of hydrogen-bond donors (Lipinski definition) is 1. The normalized spacial score (nSPS) is 11.2. The van der Waals surface area contributed by atoms with E-state index in [0.29, 0.717) is 5.57 Å². The van der Waals surface area contributed by atoms with Crippen LogP contribution in [0.25, 0.3) is 0 Å². The van der Waals surface area contributed by atoms with Crippen LogP contribution in [-0.4, -0.2) is 13.2 Å². The van der Waals surface area contributed by atoms with Crippen LogP contribution in [0.15, 0.2) is 36.4 Å². The second-order valence-corrected chi connectivity index (χ2v) is 3.27. The molecule has 1 aromatic carbocycles. The van der Waals surface area contributed by atoms with Gasteiger partial charge in [0.2, 0.25) is 0 Å². The fourth-order valence-corrected chi connectivity index (χ4v) is 1.01. The third-order valence-electron chi connectivity index (χ3n) is 1.89. The zero-order valence-corrected chi connectivity index (χ0v) is 8.55. The number of rotatable bonds is 4. The molecule has 88 valence electrons. The number of benzene rings is 1. The lowest BCUT2D eigenvalue weighted by atomic mass is 10.2. The topological polar surface area (TPSA) is 35.2 Å². The number of halogens is 3. The van der Waals surface area contributed by atoms with E-state index in [0.717, 1.165) is 12.1 Å². The van der Waals surface area contributed by atoms with Gasteiger partial charge < -0.3 is 10.5 Å². The maximum absolute atomic E-state index is 12.3. The van der Waals surface area contributed by atoms with E-state index in [4.69, 9.17) is 10.5 Å². The van der Waals surface area contributed by atoms with Crippen LogP contribution in [-0.2, 0) is 6.18 Å². The van der Waals surface area contributed by atoms with Crippen molar-refractivity contribution in [3.8, 4) is 5.75 Å². The first-order valence-corrected chi connectivity index (χ1v) is 4.60. The molecule has 2 nitrogen and oxygen atoms in total. The third-order valence-corrected chi connectivity index (χ3v) is 1.89. The fourth-order valence-electron chi connectivity index (χ4n) is 1.01. The minimum Gasteiger partial charge on any atom is -0.489 e. The van der Waals surface area contributed by atoms with Gasteiger partial charge in [-0.3, -0.25) is 0 Å². The molecule has 5 heteroatoms. The van der Waals surface area contributed by atoms with Gasteiger partial charge >= 0.3 is 6.18 Å². The molecule has 0 saturated heterocycles. The standard InChI is InChI=1S/C11H12F3NO/c1-8(6-15)7-16-10-4-2-3-9(5-10)11(12,13)14/h2-5H,1,6-7,15H2. The second-order valence-electron chi connectivity index (χ2n) is 3.27. The highest BCUT2D eigenvalue weighted by molar-refractivity contribution is 5.30. The molecule has 0 amide bonds.